The highest BCUT2D eigenvalue weighted by atomic mass is 79.9. The number of hydrogen-bond donors (Lipinski definition) is 1. The maximum atomic E-state index is 12.8. The summed E-state index contributed by atoms with van der Waals surface area (Å²) in [5, 5.41) is 2.89. The van der Waals surface area contributed by atoms with E-state index in [-0.39, 0.29) is 10.8 Å². The lowest BCUT2D eigenvalue weighted by atomic mass is 10.2. The van der Waals surface area contributed by atoms with Crippen molar-refractivity contribution in [3.05, 3.63) is 27.1 Å². The van der Waals surface area contributed by atoms with Crippen LogP contribution in [-0.2, 0) is 14.8 Å². The Morgan fingerprint density at radius 2 is 1.84 bits per heavy atom. The molecule has 1 aliphatic heterocycles. The Hall–Kier alpha value is -0.480. The van der Waals surface area contributed by atoms with Gasteiger partial charge < -0.3 is 5.32 Å². The van der Waals surface area contributed by atoms with Crippen LogP contribution in [0.25, 0.3) is 0 Å². The summed E-state index contributed by atoms with van der Waals surface area (Å²) in [7, 11) is -3.56. The summed E-state index contributed by atoms with van der Waals surface area (Å²) in [6.07, 6.45) is 0. The number of piperazine rings is 1. The van der Waals surface area contributed by atoms with Crippen LogP contribution in [0.4, 0.5) is 0 Å². The molecule has 1 saturated heterocycles. The largest absolute Gasteiger partial charge is 0.355 e. The molecular formula is C16H23Br2N3O3S. The zero-order valence-electron chi connectivity index (χ0n) is 14.3. The van der Waals surface area contributed by atoms with Gasteiger partial charge in [-0.15, -0.1) is 0 Å². The van der Waals surface area contributed by atoms with Crippen LogP contribution in [0, 0.1) is 5.92 Å². The van der Waals surface area contributed by atoms with Crippen molar-refractivity contribution >= 4 is 47.8 Å². The summed E-state index contributed by atoms with van der Waals surface area (Å²) in [5.74, 6) is 0.398. The molecule has 1 heterocycles. The molecule has 0 unspecified atom stereocenters. The van der Waals surface area contributed by atoms with Crippen molar-refractivity contribution in [1.29, 1.82) is 0 Å². The first-order valence-corrected chi connectivity index (χ1v) is 11.2. The Labute approximate surface area is 166 Å². The van der Waals surface area contributed by atoms with Gasteiger partial charge in [-0.25, -0.2) is 8.42 Å². The zero-order chi connectivity index (χ0) is 18.6. The Kier molecular flexibility index (Phi) is 7.45. The van der Waals surface area contributed by atoms with E-state index >= 15 is 0 Å². The fourth-order valence-electron chi connectivity index (χ4n) is 2.52. The molecule has 1 amide bonds. The van der Waals surface area contributed by atoms with E-state index in [1.807, 2.05) is 18.7 Å². The van der Waals surface area contributed by atoms with E-state index in [0.717, 1.165) is 4.47 Å². The molecular weight excluding hydrogens is 474 g/mol. The standard InChI is InChI=1S/C16H23Br2N3O3S/c1-12(2)10-19-16(22)11-20-5-7-21(8-6-20)25(23,24)15-9-13(17)3-4-14(15)18/h3-4,9,12H,5-8,10-11H2,1-2H3,(H,19,22). The Bertz CT molecular complexity index is 717. The van der Waals surface area contributed by atoms with Crippen molar-refractivity contribution in [2.75, 3.05) is 39.3 Å². The number of halogens is 2. The predicted octanol–water partition coefficient (Wildman–Crippen LogP) is 2.29. The minimum Gasteiger partial charge on any atom is -0.355 e. The van der Waals surface area contributed by atoms with E-state index in [1.165, 1.54) is 4.31 Å². The second kappa shape index (κ2) is 8.94. The average molecular weight is 497 g/mol. The Balaban J connectivity index is 1.95. The van der Waals surface area contributed by atoms with Crippen LogP contribution < -0.4 is 5.32 Å². The Morgan fingerprint density at radius 1 is 1.20 bits per heavy atom. The van der Waals surface area contributed by atoms with Gasteiger partial charge in [-0.05, 0) is 40.0 Å². The van der Waals surface area contributed by atoms with Gasteiger partial charge in [0.2, 0.25) is 15.9 Å². The monoisotopic (exact) mass is 495 g/mol. The van der Waals surface area contributed by atoms with Gasteiger partial charge in [0.25, 0.3) is 0 Å². The van der Waals surface area contributed by atoms with Crippen LogP contribution in [0.15, 0.2) is 32.0 Å². The smallest absolute Gasteiger partial charge is 0.244 e. The molecule has 25 heavy (non-hydrogen) atoms. The van der Waals surface area contributed by atoms with Crippen molar-refractivity contribution in [3.8, 4) is 0 Å². The van der Waals surface area contributed by atoms with Crippen LogP contribution >= 0.6 is 31.9 Å². The van der Waals surface area contributed by atoms with Gasteiger partial charge >= 0.3 is 0 Å². The molecule has 1 aromatic carbocycles. The minimum atomic E-state index is -3.56. The number of rotatable bonds is 6. The zero-order valence-corrected chi connectivity index (χ0v) is 18.3. The van der Waals surface area contributed by atoms with Crippen molar-refractivity contribution in [2.45, 2.75) is 18.7 Å². The molecule has 0 spiro atoms. The van der Waals surface area contributed by atoms with Gasteiger partial charge in [0.05, 0.1) is 11.4 Å². The number of benzene rings is 1. The lowest BCUT2D eigenvalue weighted by Gasteiger charge is -2.33. The summed E-state index contributed by atoms with van der Waals surface area (Å²) in [4.78, 5) is 14.1. The first-order chi connectivity index (χ1) is 11.7. The molecule has 1 N–H and O–H groups in total. The first kappa shape index (κ1) is 20.8. The molecule has 1 aromatic rings. The molecule has 2 rings (SSSR count). The first-order valence-electron chi connectivity index (χ1n) is 8.14. The summed E-state index contributed by atoms with van der Waals surface area (Å²) in [6.45, 7) is 6.89. The fraction of sp³-hybridized carbons (Fsp3) is 0.562. The predicted molar refractivity (Wildman–Crippen MR) is 105 cm³/mol. The lowest BCUT2D eigenvalue weighted by molar-refractivity contribution is -0.122. The lowest BCUT2D eigenvalue weighted by Crippen LogP contribution is -2.51. The molecule has 1 fully saturated rings. The van der Waals surface area contributed by atoms with E-state index in [2.05, 4.69) is 37.2 Å². The molecule has 0 aromatic heterocycles. The van der Waals surface area contributed by atoms with Crippen LogP contribution in [0.5, 0.6) is 0 Å². The number of amides is 1. The number of carbonyl (C=O) groups is 1. The molecule has 1 aliphatic rings. The van der Waals surface area contributed by atoms with E-state index in [0.29, 0.717) is 49.7 Å². The summed E-state index contributed by atoms with van der Waals surface area (Å²) in [6, 6.07) is 5.11. The third kappa shape index (κ3) is 5.75. The quantitative estimate of drug-likeness (QED) is 0.656. The van der Waals surface area contributed by atoms with E-state index in [4.69, 9.17) is 0 Å². The number of hydrogen-bond acceptors (Lipinski definition) is 4. The SMILES string of the molecule is CC(C)CNC(=O)CN1CCN(S(=O)(=O)c2cc(Br)ccc2Br)CC1. The van der Waals surface area contributed by atoms with Gasteiger partial charge in [-0.1, -0.05) is 29.8 Å². The molecule has 9 heteroatoms. The van der Waals surface area contributed by atoms with Crippen molar-refractivity contribution < 1.29 is 13.2 Å². The van der Waals surface area contributed by atoms with Crippen molar-refractivity contribution in [1.82, 2.24) is 14.5 Å². The maximum Gasteiger partial charge on any atom is 0.244 e. The maximum absolute atomic E-state index is 12.8. The second-order valence-electron chi connectivity index (χ2n) is 6.45. The van der Waals surface area contributed by atoms with E-state index in [1.54, 1.807) is 18.2 Å². The molecule has 140 valence electrons. The third-order valence-corrected chi connectivity index (χ3v) is 7.30. The van der Waals surface area contributed by atoms with E-state index in [9.17, 15) is 13.2 Å². The normalized spacial score (nSPS) is 17.0. The number of nitrogens with zero attached hydrogens (tertiary/aromatic N) is 2. The van der Waals surface area contributed by atoms with Crippen LogP contribution in [-0.4, -0.2) is 62.8 Å². The minimum absolute atomic E-state index is 0.0141. The van der Waals surface area contributed by atoms with Gasteiger partial charge in [-0.3, -0.25) is 9.69 Å². The highest BCUT2D eigenvalue weighted by Crippen LogP contribution is 2.28. The molecule has 0 saturated carbocycles. The summed E-state index contributed by atoms with van der Waals surface area (Å²) >= 11 is 6.63. The van der Waals surface area contributed by atoms with Gasteiger partial charge in [0, 0.05) is 41.7 Å². The molecule has 6 nitrogen and oxygen atoms in total. The topological polar surface area (TPSA) is 69.7 Å². The summed E-state index contributed by atoms with van der Waals surface area (Å²) < 4.78 is 28.4. The van der Waals surface area contributed by atoms with Gasteiger partial charge in [-0.2, -0.15) is 4.31 Å². The second-order valence-corrected chi connectivity index (χ2v) is 10.1. The molecule has 0 aliphatic carbocycles. The molecule has 0 bridgehead atoms. The van der Waals surface area contributed by atoms with Crippen molar-refractivity contribution in [2.24, 2.45) is 5.92 Å². The van der Waals surface area contributed by atoms with Crippen LogP contribution in [0.1, 0.15) is 13.8 Å². The molecule has 0 radical (unpaired) electrons. The van der Waals surface area contributed by atoms with Crippen LogP contribution in [0.3, 0.4) is 0 Å². The molecule has 0 atom stereocenters. The third-order valence-electron chi connectivity index (χ3n) is 3.92. The number of nitrogens with one attached hydrogen (secondary N) is 1. The Morgan fingerprint density at radius 3 is 2.44 bits per heavy atom. The average Bonchev–Trinajstić information content (AvgIpc) is 2.55. The van der Waals surface area contributed by atoms with Gasteiger partial charge in [0.1, 0.15) is 0 Å². The fourth-order valence-corrected chi connectivity index (χ4v) is 5.40. The highest BCUT2D eigenvalue weighted by Gasteiger charge is 2.30. The highest BCUT2D eigenvalue weighted by molar-refractivity contribution is 9.11. The van der Waals surface area contributed by atoms with Crippen LogP contribution in [0.2, 0.25) is 0 Å². The number of sulfonamides is 1. The van der Waals surface area contributed by atoms with Gasteiger partial charge in [0.15, 0.2) is 0 Å². The summed E-state index contributed by atoms with van der Waals surface area (Å²) in [5.41, 5.74) is 0. The number of carbonyl (C=O) groups excluding carboxylic acids is 1. The van der Waals surface area contributed by atoms with Crippen molar-refractivity contribution in [3.63, 3.8) is 0 Å². The van der Waals surface area contributed by atoms with E-state index < -0.39 is 10.0 Å².